The van der Waals surface area contributed by atoms with Crippen molar-refractivity contribution >= 4 is 21.2 Å². The zero-order chi connectivity index (χ0) is 10.9. The Hall–Kier alpha value is -0.860. The van der Waals surface area contributed by atoms with E-state index in [1.165, 1.54) is 0 Å². The van der Waals surface area contributed by atoms with Crippen LogP contribution in [0.25, 0.3) is 0 Å². The van der Waals surface area contributed by atoms with Gasteiger partial charge in [-0.05, 0) is 16.9 Å². The van der Waals surface area contributed by atoms with Crippen LogP contribution in [-0.4, -0.2) is 14.7 Å². The molecular weight excluding hydrogens is 218 g/mol. The molecule has 5 heteroatoms. The molecule has 0 amide bonds. The van der Waals surface area contributed by atoms with Crippen molar-refractivity contribution in [2.75, 3.05) is 6.26 Å². The van der Waals surface area contributed by atoms with E-state index in [0.717, 1.165) is 23.2 Å². The van der Waals surface area contributed by atoms with E-state index in [4.69, 9.17) is 5.26 Å². The quantitative estimate of drug-likeness (QED) is 0.780. The van der Waals surface area contributed by atoms with Gasteiger partial charge in [0.05, 0.1) is 5.56 Å². The van der Waals surface area contributed by atoms with Crippen LogP contribution in [0.2, 0.25) is 0 Å². The predicted molar refractivity (Wildman–Crippen MR) is 56.2 cm³/mol. The Labute approximate surface area is 87.9 Å². The average Bonchev–Trinajstić information content (AvgIpc) is 2.45. The van der Waals surface area contributed by atoms with Crippen LogP contribution in [0.3, 0.4) is 0 Å². The van der Waals surface area contributed by atoms with Crippen molar-refractivity contribution in [3.63, 3.8) is 0 Å². The number of nitriles is 1. The molecule has 0 spiro atoms. The van der Waals surface area contributed by atoms with Crippen molar-refractivity contribution in [1.29, 1.82) is 5.26 Å². The van der Waals surface area contributed by atoms with Gasteiger partial charge in [-0.3, -0.25) is 0 Å². The fourth-order valence-electron chi connectivity index (χ4n) is 1.16. The van der Waals surface area contributed by atoms with Crippen LogP contribution in [0, 0.1) is 11.3 Å². The Kier molecular flexibility index (Phi) is 2.98. The van der Waals surface area contributed by atoms with Crippen LogP contribution >= 0.6 is 11.3 Å². The highest BCUT2D eigenvalue weighted by Crippen LogP contribution is 2.31. The number of thiophene rings is 1. The monoisotopic (exact) mass is 229 g/mol. The zero-order valence-electron chi connectivity index (χ0n) is 8.23. The summed E-state index contributed by atoms with van der Waals surface area (Å²) in [5.74, 6) is 0.177. The maximum absolute atomic E-state index is 11.3. The minimum Gasteiger partial charge on any atom is -0.223 e. The van der Waals surface area contributed by atoms with E-state index in [1.54, 1.807) is 5.38 Å². The van der Waals surface area contributed by atoms with E-state index in [-0.39, 0.29) is 10.1 Å². The topological polar surface area (TPSA) is 57.9 Å². The third kappa shape index (κ3) is 1.97. The van der Waals surface area contributed by atoms with E-state index in [0.29, 0.717) is 5.56 Å². The van der Waals surface area contributed by atoms with E-state index < -0.39 is 9.84 Å². The third-order valence-corrected chi connectivity index (χ3v) is 4.72. The molecule has 1 aromatic heterocycles. The van der Waals surface area contributed by atoms with Crippen LogP contribution in [0.15, 0.2) is 9.59 Å². The molecule has 0 radical (unpaired) electrons. The Balaban J connectivity index is 3.45. The first-order valence-corrected chi connectivity index (χ1v) is 6.86. The molecule has 0 aromatic carbocycles. The van der Waals surface area contributed by atoms with Gasteiger partial charge in [-0.15, -0.1) is 11.3 Å². The summed E-state index contributed by atoms with van der Waals surface area (Å²) >= 11 is 1.13. The van der Waals surface area contributed by atoms with E-state index in [2.05, 4.69) is 0 Å². The maximum Gasteiger partial charge on any atom is 0.186 e. The van der Waals surface area contributed by atoms with Crippen LogP contribution in [0.4, 0.5) is 0 Å². The van der Waals surface area contributed by atoms with Gasteiger partial charge in [0.25, 0.3) is 0 Å². The lowest BCUT2D eigenvalue weighted by atomic mass is 10.0. The van der Waals surface area contributed by atoms with Gasteiger partial charge < -0.3 is 0 Å². The Morgan fingerprint density at radius 3 is 2.43 bits per heavy atom. The molecule has 0 N–H and O–H groups in total. The van der Waals surface area contributed by atoms with Crippen LogP contribution in [0.5, 0.6) is 0 Å². The lowest BCUT2D eigenvalue weighted by molar-refractivity contribution is 0.603. The van der Waals surface area contributed by atoms with E-state index in [1.807, 2.05) is 19.9 Å². The van der Waals surface area contributed by atoms with Crippen molar-refractivity contribution in [1.82, 2.24) is 0 Å². The van der Waals surface area contributed by atoms with Crippen LogP contribution in [-0.2, 0) is 9.84 Å². The highest BCUT2D eigenvalue weighted by molar-refractivity contribution is 7.92. The van der Waals surface area contributed by atoms with Gasteiger partial charge in [-0.2, -0.15) is 5.26 Å². The fraction of sp³-hybridized carbons (Fsp3) is 0.444. The van der Waals surface area contributed by atoms with Gasteiger partial charge in [0.2, 0.25) is 0 Å². The third-order valence-electron chi connectivity index (χ3n) is 1.86. The molecule has 0 unspecified atom stereocenters. The SMILES string of the molecule is CC(C)c1csc(S(C)(=O)=O)c1C#N. The van der Waals surface area contributed by atoms with Gasteiger partial charge >= 0.3 is 0 Å². The van der Waals surface area contributed by atoms with Gasteiger partial charge in [-0.25, -0.2) is 8.42 Å². The molecular formula is C9H11NO2S2. The van der Waals surface area contributed by atoms with Gasteiger partial charge in [0.15, 0.2) is 9.84 Å². The molecule has 0 fully saturated rings. The Morgan fingerprint density at radius 1 is 1.50 bits per heavy atom. The lowest BCUT2D eigenvalue weighted by Crippen LogP contribution is -1.98. The maximum atomic E-state index is 11.3. The number of sulfone groups is 1. The second-order valence-corrected chi connectivity index (χ2v) is 6.48. The first kappa shape index (κ1) is 11.2. The van der Waals surface area contributed by atoms with Crippen molar-refractivity contribution in [2.24, 2.45) is 0 Å². The zero-order valence-corrected chi connectivity index (χ0v) is 9.87. The van der Waals surface area contributed by atoms with E-state index >= 15 is 0 Å². The van der Waals surface area contributed by atoms with Crippen LogP contribution < -0.4 is 0 Å². The smallest absolute Gasteiger partial charge is 0.186 e. The normalized spacial score (nSPS) is 11.6. The second-order valence-electron chi connectivity index (χ2n) is 3.39. The summed E-state index contributed by atoms with van der Waals surface area (Å²) < 4.78 is 22.8. The minimum absolute atomic E-state index is 0.177. The predicted octanol–water partition coefficient (Wildman–Crippen LogP) is 2.15. The number of rotatable bonds is 2. The summed E-state index contributed by atoms with van der Waals surface area (Å²) in [6.45, 7) is 3.88. The molecule has 14 heavy (non-hydrogen) atoms. The Bertz CT molecular complexity index is 477. The van der Waals surface area contributed by atoms with Crippen LogP contribution in [0.1, 0.15) is 30.9 Å². The van der Waals surface area contributed by atoms with Gasteiger partial charge in [0, 0.05) is 6.26 Å². The highest BCUT2D eigenvalue weighted by atomic mass is 32.2. The molecule has 0 saturated heterocycles. The molecule has 1 heterocycles. The standard InChI is InChI=1S/C9H11NO2S2/c1-6(2)8-5-13-9(7(8)4-10)14(3,11)12/h5-6H,1-3H3. The summed E-state index contributed by atoms with van der Waals surface area (Å²) in [6.07, 6.45) is 1.13. The summed E-state index contributed by atoms with van der Waals surface area (Å²) in [4.78, 5) is 0. The summed E-state index contributed by atoms with van der Waals surface area (Å²) in [5.41, 5.74) is 1.13. The highest BCUT2D eigenvalue weighted by Gasteiger charge is 2.20. The van der Waals surface area contributed by atoms with E-state index in [9.17, 15) is 8.42 Å². The fourth-order valence-corrected chi connectivity index (χ4v) is 3.44. The lowest BCUT2D eigenvalue weighted by Gasteiger charge is -2.01. The summed E-state index contributed by atoms with van der Waals surface area (Å²) in [6, 6.07) is 1.96. The Morgan fingerprint density at radius 2 is 2.07 bits per heavy atom. The minimum atomic E-state index is -3.26. The number of hydrogen-bond acceptors (Lipinski definition) is 4. The molecule has 3 nitrogen and oxygen atoms in total. The van der Waals surface area contributed by atoms with Crippen molar-refractivity contribution in [3.05, 3.63) is 16.5 Å². The first-order chi connectivity index (χ1) is 6.38. The first-order valence-electron chi connectivity index (χ1n) is 4.09. The number of hydrogen-bond donors (Lipinski definition) is 0. The average molecular weight is 229 g/mol. The largest absolute Gasteiger partial charge is 0.223 e. The van der Waals surface area contributed by atoms with Gasteiger partial charge in [-0.1, -0.05) is 13.8 Å². The molecule has 0 bridgehead atoms. The van der Waals surface area contributed by atoms with Gasteiger partial charge in [0.1, 0.15) is 10.3 Å². The molecule has 0 atom stereocenters. The summed E-state index contributed by atoms with van der Waals surface area (Å²) in [5, 5.41) is 10.6. The molecule has 1 rings (SSSR count). The summed E-state index contributed by atoms with van der Waals surface area (Å²) in [7, 11) is -3.26. The molecule has 76 valence electrons. The molecule has 0 aliphatic rings. The second kappa shape index (κ2) is 3.71. The van der Waals surface area contributed by atoms with Crippen molar-refractivity contribution < 1.29 is 8.42 Å². The molecule has 1 aromatic rings. The molecule has 0 aliphatic carbocycles. The number of nitrogens with zero attached hydrogens (tertiary/aromatic N) is 1. The van der Waals surface area contributed by atoms with Crippen molar-refractivity contribution in [3.8, 4) is 6.07 Å². The van der Waals surface area contributed by atoms with Crippen molar-refractivity contribution in [2.45, 2.75) is 24.0 Å². The molecule has 0 saturated carbocycles. The molecule has 0 aliphatic heterocycles.